The Hall–Kier alpha value is -4.81. The first-order chi connectivity index (χ1) is 22.2. The van der Waals surface area contributed by atoms with Crippen molar-refractivity contribution in [2.24, 2.45) is 9.98 Å². The first-order valence-corrected chi connectivity index (χ1v) is 14.5. The zero-order valence-electron chi connectivity index (χ0n) is 24.8. The van der Waals surface area contributed by atoms with E-state index in [0.717, 1.165) is 34.2 Å². The van der Waals surface area contributed by atoms with Crippen LogP contribution in [0.15, 0.2) is 95.2 Å². The fourth-order valence-electron chi connectivity index (χ4n) is 2.79. The molecule has 23 heteroatoms. The van der Waals surface area contributed by atoms with Gasteiger partial charge in [0.2, 0.25) is 0 Å². The SMILES string of the molecule is C(=NCCN=Cc1cccc(-c2ccccn2)n1)c1cccc(-c2ccccn2)n1.CC#N.F[P-](F)(F)(F)(F)F.O=[N+]([O-])[O-].O=[N+]([O-])[O-].[Nd+3]. The maximum Gasteiger partial charge on any atom is 3.00 e. The second kappa shape index (κ2) is 21.9. The minimum atomic E-state index is -10.7. The summed E-state index contributed by atoms with van der Waals surface area (Å²) < 4.78 is 59.2. The van der Waals surface area contributed by atoms with E-state index < -0.39 is 18.0 Å². The Bertz CT molecular complexity index is 1570. The van der Waals surface area contributed by atoms with Crippen LogP contribution in [0.3, 0.4) is 0 Å². The van der Waals surface area contributed by atoms with Gasteiger partial charge in [-0.25, -0.2) is 9.97 Å². The molecule has 0 fully saturated rings. The quantitative estimate of drug-likeness (QED) is 0.0439. The Balaban J connectivity index is 0. The number of rotatable bonds is 7. The van der Waals surface area contributed by atoms with Crippen LogP contribution in [0.25, 0.3) is 22.8 Å². The van der Waals surface area contributed by atoms with E-state index in [4.69, 9.17) is 35.9 Å². The molecule has 4 aromatic heterocycles. The molecule has 4 aromatic rings. The average Bonchev–Trinajstić information content (AvgIpc) is 2.98. The summed E-state index contributed by atoms with van der Waals surface area (Å²) >= 11 is 0. The van der Waals surface area contributed by atoms with E-state index >= 15 is 0 Å². The van der Waals surface area contributed by atoms with Crippen molar-refractivity contribution in [1.82, 2.24) is 19.9 Å². The molecule has 0 N–H and O–H groups in total. The number of aromatic nitrogens is 4. The van der Waals surface area contributed by atoms with Gasteiger partial charge in [-0.15, -0.1) is 0 Å². The molecule has 0 aliphatic carbocycles. The summed E-state index contributed by atoms with van der Waals surface area (Å²) in [4.78, 5) is 43.2. The summed E-state index contributed by atoms with van der Waals surface area (Å²) in [6.45, 7) is 2.58. The Kier molecular flexibility index (Phi) is 20.7. The monoisotopic (exact) mass is 844 g/mol. The third-order valence-corrected chi connectivity index (χ3v) is 4.20. The van der Waals surface area contributed by atoms with Gasteiger partial charge in [0, 0.05) is 31.7 Å². The first-order valence-electron chi connectivity index (χ1n) is 12.5. The van der Waals surface area contributed by atoms with Gasteiger partial charge < -0.3 is 30.6 Å². The molecule has 0 aliphatic rings. The number of pyridine rings is 4. The molecule has 0 saturated heterocycles. The Labute approximate surface area is 306 Å². The molecule has 259 valence electrons. The summed E-state index contributed by atoms with van der Waals surface area (Å²) in [7, 11) is -10.7. The van der Waals surface area contributed by atoms with Crippen molar-refractivity contribution in [3.8, 4) is 28.8 Å². The van der Waals surface area contributed by atoms with Gasteiger partial charge in [-0.2, -0.15) is 5.26 Å². The molecule has 49 heavy (non-hydrogen) atoms. The van der Waals surface area contributed by atoms with Gasteiger partial charge in [0.1, 0.15) is 0 Å². The summed E-state index contributed by atoms with van der Waals surface area (Å²) in [6.07, 6.45) is 7.05. The van der Waals surface area contributed by atoms with Crippen LogP contribution in [0.5, 0.6) is 0 Å². The van der Waals surface area contributed by atoms with E-state index in [1.807, 2.05) is 72.8 Å². The second-order valence-corrected chi connectivity index (χ2v) is 9.94. The predicted octanol–water partition coefficient (Wildman–Crippen LogP) is 7.57. The minimum Gasteiger partial charge on any atom is -0.356 e. The molecule has 0 amide bonds. The van der Waals surface area contributed by atoms with Crippen LogP contribution in [-0.2, 0) is 0 Å². The molecule has 0 unspecified atom stereocenters. The van der Waals surface area contributed by atoms with Crippen molar-refractivity contribution in [3.63, 3.8) is 0 Å². The summed E-state index contributed by atoms with van der Waals surface area (Å²) in [6, 6.07) is 24.9. The van der Waals surface area contributed by atoms with Crippen LogP contribution >= 0.6 is 7.81 Å². The summed E-state index contributed by atoms with van der Waals surface area (Å²) in [5.74, 6) is 0. The summed E-state index contributed by atoms with van der Waals surface area (Å²) in [5, 5.41) is 36.8. The smallest absolute Gasteiger partial charge is 0.356 e. The van der Waals surface area contributed by atoms with Gasteiger partial charge >= 0.3 is 73.8 Å². The fraction of sp³-hybridized carbons (Fsp3) is 0.115. The van der Waals surface area contributed by atoms with E-state index in [0.29, 0.717) is 13.1 Å². The molecule has 0 bridgehead atoms. The number of hydrogen-bond acceptors (Lipinski definition) is 13. The molecule has 0 spiro atoms. The van der Waals surface area contributed by atoms with E-state index in [1.165, 1.54) is 6.92 Å². The number of halogens is 6. The first kappa shape index (κ1) is 46.3. The van der Waals surface area contributed by atoms with Gasteiger partial charge in [-0.1, -0.05) is 24.3 Å². The Morgan fingerprint density at radius 2 is 0.959 bits per heavy atom. The van der Waals surface area contributed by atoms with Crippen LogP contribution in [0.4, 0.5) is 25.2 Å². The van der Waals surface area contributed by atoms with Crippen LogP contribution < -0.4 is 0 Å². The number of nitriles is 1. The molecule has 1 radical (unpaired) electrons. The van der Waals surface area contributed by atoms with Crippen molar-refractivity contribution in [2.45, 2.75) is 6.92 Å². The van der Waals surface area contributed by atoms with E-state index in [-0.39, 0.29) is 40.8 Å². The third-order valence-electron chi connectivity index (χ3n) is 4.20. The molecule has 15 nitrogen and oxygen atoms in total. The Morgan fingerprint density at radius 3 is 1.22 bits per heavy atom. The predicted molar refractivity (Wildman–Crippen MR) is 165 cm³/mol. The summed E-state index contributed by atoms with van der Waals surface area (Å²) in [5.41, 5.74) is 4.95. The molecule has 0 aromatic carbocycles. The molecule has 4 rings (SSSR count). The van der Waals surface area contributed by atoms with Gasteiger partial charge in [0.15, 0.2) is 0 Å². The topological polar surface area (TPSA) is 232 Å². The maximum absolute atomic E-state index is 10.7. The fourth-order valence-corrected chi connectivity index (χ4v) is 2.79. The van der Waals surface area contributed by atoms with Gasteiger partial charge in [-0.05, 0) is 48.5 Å². The van der Waals surface area contributed by atoms with Crippen molar-refractivity contribution in [3.05, 3.63) is 127 Å². The third kappa shape index (κ3) is 31.6. The Morgan fingerprint density at radius 1 is 0.673 bits per heavy atom. The number of aliphatic imine (C=N–C) groups is 2. The molecule has 4 heterocycles. The van der Waals surface area contributed by atoms with Gasteiger partial charge in [-0.3, -0.25) is 20.0 Å². The molecule has 0 saturated carbocycles. The molecule has 0 atom stereocenters. The van der Waals surface area contributed by atoms with Gasteiger partial charge in [0.25, 0.3) is 0 Å². The van der Waals surface area contributed by atoms with E-state index in [2.05, 4.69) is 29.9 Å². The van der Waals surface area contributed by atoms with E-state index in [1.54, 1.807) is 30.9 Å². The minimum absolute atomic E-state index is 0. The van der Waals surface area contributed by atoms with Crippen LogP contribution in [0, 0.1) is 82.8 Å². The van der Waals surface area contributed by atoms with Crippen molar-refractivity contribution in [1.29, 1.82) is 5.26 Å². The zero-order chi connectivity index (χ0) is 36.7. The zero-order valence-corrected chi connectivity index (χ0v) is 28.9. The molecule has 0 aliphatic heterocycles. The normalized spacial score (nSPS) is 11.4. The number of nitrogens with zero attached hydrogens (tertiary/aromatic N) is 9. The second-order valence-electron chi connectivity index (χ2n) is 8.03. The maximum atomic E-state index is 9.87. The van der Waals surface area contributed by atoms with Crippen LogP contribution in [0.1, 0.15) is 18.3 Å². The largest absolute Gasteiger partial charge is 3.00 e. The molecular formula is C26H23F6N9NdO6P. The van der Waals surface area contributed by atoms with Gasteiger partial charge in [0.05, 0.1) is 63.5 Å². The van der Waals surface area contributed by atoms with Crippen LogP contribution in [-0.4, -0.2) is 55.6 Å². The molecular weight excluding hydrogens is 824 g/mol. The van der Waals surface area contributed by atoms with E-state index in [9.17, 15) is 25.2 Å². The number of hydrogen-bond donors (Lipinski definition) is 0. The van der Waals surface area contributed by atoms with Crippen LogP contribution in [0.2, 0.25) is 0 Å². The standard InChI is InChI=1S/C24H20N6.C2H3N.F6P.2NO3.Nd/c1-3-13-27-21(9-1)23-11-5-7-19(29-23)17-25-15-16-26-18-20-8-6-12-24(30-20)22-10-2-4-14-28-22;1-2-3;1-7(2,3,4,5)6;2*2-1(3)4;/h1-14,17-18H,15-16H2;1H3;;;;/q;;3*-1;+3. The van der Waals surface area contributed by atoms with Crippen molar-refractivity contribution >= 4 is 20.2 Å². The van der Waals surface area contributed by atoms with Crippen molar-refractivity contribution in [2.75, 3.05) is 13.1 Å². The average molecular weight is 847 g/mol. The van der Waals surface area contributed by atoms with Crippen molar-refractivity contribution < 1.29 is 76.2 Å².